The summed E-state index contributed by atoms with van der Waals surface area (Å²) in [6, 6.07) is 4.29. The van der Waals surface area contributed by atoms with Crippen molar-refractivity contribution in [3.63, 3.8) is 0 Å². The van der Waals surface area contributed by atoms with Gasteiger partial charge in [0, 0.05) is 19.7 Å². The van der Waals surface area contributed by atoms with Crippen molar-refractivity contribution in [1.29, 1.82) is 0 Å². The van der Waals surface area contributed by atoms with Gasteiger partial charge < -0.3 is 14.9 Å². The number of rotatable bonds is 6. The maximum atomic E-state index is 6.27. The highest BCUT2D eigenvalue weighted by Crippen LogP contribution is 2.30. The molecule has 1 aliphatic heterocycles. The molecule has 0 amide bonds. The van der Waals surface area contributed by atoms with E-state index in [1.807, 2.05) is 12.1 Å². The fourth-order valence-corrected chi connectivity index (χ4v) is 2.83. The summed E-state index contributed by atoms with van der Waals surface area (Å²) in [6.45, 7) is 5.09. The Morgan fingerprint density at radius 1 is 1.61 bits per heavy atom. The van der Waals surface area contributed by atoms with Gasteiger partial charge in [0.1, 0.15) is 5.76 Å². The molecule has 3 unspecified atom stereocenters. The maximum absolute atomic E-state index is 6.27. The Kier molecular flexibility index (Phi) is 4.80. The van der Waals surface area contributed by atoms with Crippen LogP contribution in [0.1, 0.15) is 31.6 Å². The Labute approximate surface area is 109 Å². The summed E-state index contributed by atoms with van der Waals surface area (Å²) in [5.74, 6) is 1.61. The van der Waals surface area contributed by atoms with E-state index in [1.165, 1.54) is 6.42 Å². The van der Waals surface area contributed by atoms with Gasteiger partial charge in [0.25, 0.3) is 0 Å². The van der Waals surface area contributed by atoms with Crippen LogP contribution in [0.3, 0.4) is 0 Å². The third kappa shape index (κ3) is 2.94. The lowest BCUT2D eigenvalue weighted by Gasteiger charge is -2.30. The van der Waals surface area contributed by atoms with Crippen molar-refractivity contribution in [2.75, 3.05) is 26.8 Å². The molecule has 1 fully saturated rings. The second-order valence-corrected chi connectivity index (χ2v) is 5.14. The highest BCUT2D eigenvalue weighted by Gasteiger charge is 2.33. The van der Waals surface area contributed by atoms with Gasteiger partial charge in [0.05, 0.1) is 18.9 Å². The third-order valence-electron chi connectivity index (χ3n) is 3.82. The van der Waals surface area contributed by atoms with E-state index in [0.717, 1.165) is 31.9 Å². The van der Waals surface area contributed by atoms with Gasteiger partial charge in [-0.15, -0.1) is 0 Å². The van der Waals surface area contributed by atoms with Crippen LogP contribution in [-0.4, -0.2) is 37.7 Å². The average molecular weight is 252 g/mol. The summed E-state index contributed by atoms with van der Waals surface area (Å²) < 4.78 is 10.8. The number of nitrogens with two attached hydrogens (primary N) is 1. The molecule has 0 saturated carbocycles. The van der Waals surface area contributed by atoms with Crippen LogP contribution in [0.5, 0.6) is 0 Å². The van der Waals surface area contributed by atoms with E-state index in [1.54, 1.807) is 13.4 Å². The zero-order valence-corrected chi connectivity index (χ0v) is 11.3. The molecule has 18 heavy (non-hydrogen) atoms. The molecule has 0 spiro atoms. The number of methoxy groups -OCH3 is 1. The Morgan fingerprint density at radius 3 is 3.06 bits per heavy atom. The molecule has 2 rings (SSSR count). The van der Waals surface area contributed by atoms with Crippen molar-refractivity contribution < 1.29 is 9.15 Å². The topological polar surface area (TPSA) is 51.6 Å². The number of ether oxygens (including phenoxy) is 1. The molecule has 1 aliphatic rings. The normalized spacial score (nSPS) is 24.3. The minimum Gasteiger partial charge on any atom is -0.468 e. The summed E-state index contributed by atoms with van der Waals surface area (Å²) in [7, 11) is 1.77. The SMILES string of the molecule is CCC(N)C(c1ccco1)N1CCC(COC)C1. The van der Waals surface area contributed by atoms with Crippen LogP contribution in [0.15, 0.2) is 22.8 Å². The maximum Gasteiger partial charge on any atom is 0.122 e. The number of hydrogen-bond donors (Lipinski definition) is 1. The van der Waals surface area contributed by atoms with Gasteiger partial charge in [-0.25, -0.2) is 0 Å². The highest BCUT2D eigenvalue weighted by molar-refractivity contribution is 5.08. The molecule has 0 bridgehead atoms. The molecular weight excluding hydrogens is 228 g/mol. The Hall–Kier alpha value is -0.840. The van der Waals surface area contributed by atoms with Crippen molar-refractivity contribution in [3.8, 4) is 0 Å². The zero-order valence-electron chi connectivity index (χ0n) is 11.3. The lowest BCUT2D eigenvalue weighted by molar-refractivity contribution is 0.136. The van der Waals surface area contributed by atoms with Crippen LogP contribution in [0, 0.1) is 5.92 Å². The summed E-state index contributed by atoms with van der Waals surface area (Å²) >= 11 is 0. The van der Waals surface area contributed by atoms with Gasteiger partial charge >= 0.3 is 0 Å². The van der Waals surface area contributed by atoms with Crippen LogP contribution >= 0.6 is 0 Å². The lowest BCUT2D eigenvalue weighted by Crippen LogP contribution is -2.39. The van der Waals surface area contributed by atoms with Crippen LogP contribution in [-0.2, 0) is 4.74 Å². The predicted molar refractivity (Wildman–Crippen MR) is 71.3 cm³/mol. The summed E-state index contributed by atoms with van der Waals surface area (Å²) in [5.41, 5.74) is 6.27. The van der Waals surface area contributed by atoms with Gasteiger partial charge in [-0.1, -0.05) is 6.92 Å². The van der Waals surface area contributed by atoms with Crippen LogP contribution in [0.25, 0.3) is 0 Å². The minimum atomic E-state index is 0.123. The summed E-state index contributed by atoms with van der Waals surface area (Å²) in [4.78, 5) is 2.44. The summed E-state index contributed by atoms with van der Waals surface area (Å²) in [5, 5.41) is 0. The van der Waals surface area contributed by atoms with Gasteiger partial charge in [0.2, 0.25) is 0 Å². The number of nitrogens with zero attached hydrogens (tertiary/aromatic N) is 1. The Balaban J connectivity index is 2.06. The fraction of sp³-hybridized carbons (Fsp3) is 0.714. The van der Waals surface area contributed by atoms with Crippen molar-refractivity contribution in [2.24, 2.45) is 11.7 Å². The molecule has 1 aromatic heterocycles. The first-order valence-corrected chi connectivity index (χ1v) is 6.78. The Morgan fingerprint density at radius 2 is 2.44 bits per heavy atom. The molecule has 0 aromatic carbocycles. The number of furan rings is 1. The molecular formula is C14H24N2O2. The molecule has 0 aliphatic carbocycles. The second kappa shape index (κ2) is 6.36. The van der Waals surface area contributed by atoms with E-state index in [2.05, 4.69) is 11.8 Å². The number of likely N-dealkylation sites (tertiary alicyclic amines) is 1. The van der Waals surface area contributed by atoms with Crippen molar-refractivity contribution in [2.45, 2.75) is 31.8 Å². The molecule has 1 saturated heterocycles. The first-order valence-electron chi connectivity index (χ1n) is 6.78. The monoisotopic (exact) mass is 252 g/mol. The van der Waals surface area contributed by atoms with Crippen LogP contribution in [0.2, 0.25) is 0 Å². The van der Waals surface area contributed by atoms with Gasteiger partial charge in [-0.05, 0) is 37.4 Å². The van der Waals surface area contributed by atoms with Crippen molar-refractivity contribution >= 4 is 0 Å². The van der Waals surface area contributed by atoms with Gasteiger partial charge in [0.15, 0.2) is 0 Å². The van der Waals surface area contributed by atoms with E-state index in [4.69, 9.17) is 14.9 Å². The highest BCUT2D eigenvalue weighted by atomic mass is 16.5. The molecule has 3 atom stereocenters. The minimum absolute atomic E-state index is 0.123. The first kappa shape index (κ1) is 13.6. The van der Waals surface area contributed by atoms with Crippen LogP contribution in [0.4, 0.5) is 0 Å². The standard InChI is InChI=1S/C14H24N2O2/c1-3-12(15)14(13-5-4-8-18-13)16-7-6-11(9-16)10-17-2/h4-5,8,11-12,14H,3,6-7,9-10,15H2,1-2H3. The van der Waals surface area contributed by atoms with E-state index >= 15 is 0 Å². The molecule has 1 aromatic rings. The predicted octanol–water partition coefficient (Wildman–Crippen LogP) is 2.03. The summed E-state index contributed by atoms with van der Waals surface area (Å²) in [6.07, 6.45) is 3.87. The lowest BCUT2D eigenvalue weighted by atomic mass is 10.0. The molecule has 4 nitrogen and oxygen atoms in total. The van der Waals surface area contributed by atoms with Gasteiger partial charge in [-0.2, -0.15) is 0 Å². The smallest absolute Gasteiger partial charge is 0.122 e. The molecule has 2 heterocycles. The molecule has 102 valence electrons. The third-order valence-corrected chi connectivity index (χ3v) is 3.82. The quantitative estimate of drug-likeness (QED) is 0.841. The largest absolute Gasteiger partial charge is 0.468 e. The average Bonchev–Trinajstić information content (AvgIpc) is 3.02. The second-order valence-electron chi connectivity index (χ2n) is 5.14. The van der Waals surface area contributed by atoms with E-state index < -0.39 is 0 Å². The van der Waals surface area contributed by atoms with E-state index in [-0.39, 0.29) is 12.1 Å². The van der Waals surface area contributed by atoms with Crippen LogP contribution < -0.4 is 5.73 Å². The number of hydrogen-bond acceptors (Lipinski definition) is 4. The van der Waals surface area contributed by atoms with Crippen molar-refractivity contribution in [1.82, 2.24) is 4.90 Å². The fourth-order valence-electron chi connectivity index (χ4n) is 2.83. The van der Waals surface area contributed by atoms with Gasteiger partial charge in [-0.3, -0.25) is 4.90 Å². The zero-order chi connectivity index (χ0) is 13.0. The first-order chi connectivity index (χ1) is 8.76. The Bertz CT molecular complexity index is 340. The van der Waals surface area contributed by atoms with E-state index in [9.17, 15) is 0 Å². The van der Waals surface area contributed by atoms with Crippen molar-refractivity contribution in [3.05, 3.63) is 24.2 Å². The molecule has 2 N–H and O–H groups in total. The molecule has 0 radical (unpaired) electrons. The molecule has 4 heteroatoms. The van der Waals surface area contributed by atoms with E-state index in [0.29, 0.717) is 5.92 Å².